The summed E-state index contributed by atoms with van der Waals surface area (Å²) in [6.07, 6.45) is -6.79. The van der Waals surface area contributed by atoms with E-state index in [2.05, 4.69) is 0 Å². The number of aliphatic hydroxyl groups excluding tert-OH is 1. The second-order valence-electron chi connectivity index (χ2n) is 5.09. The Kier molecular flexibility index (Phi) is 7.11. The van der Waals surface area contributed by atoms with Gasteiger partial charge in [0, 0.05) is 27.7 Å². The summed E-state index contributed by atoms with van der Waals surface area (Å²) in [5, 5.41) is 10.0. The summed E-state index contributed by atoms with van der Waals surface area (Å²) in [6, 6.07) is 0. The lowest BCUT2D eigenvalue weighted by Crippen LogP contribution is -2.62. The van der Waals surface area contributed by atoms with Crippen LogP contribution in [0.4, 0.5) is 0 Å². The van der Waals surface area contributed by atoms with Crippen LogP contribution in [-0.4, -0.2) is 66.3 Å². The number of hydrogen-bond donors (Lipinski definition) is 1. The smallest absolute Gasteiger partial charge is 0.303 e. The zero-order chi connectivity index (χ0) is 18.4. The fourth-order valence-electron chi connectivity index (χ4n) is 2.21. The molecular formula is C14H20O10. The number of carbonyl (C=O) groups is 4. The third kappa shape index (κ3) is 5.78. The fraction of sp³-hybridized carbons (Fsp3) is 0.714. The summed E-state index contributed by atoms with van der Waals surface area (Å²) in [7, 11) is 0. The minimum atomic E-state index is -1.68. The number of carbonyl (C=O) groups excluding carboxylic acids is 4. The van der Waals surface area contributed by atoms with Crippen LogP contribution in [0.3, 0.4) is 0 Å². The van der Waals surface area contributed by atoms with Gasteiger partial charge < -0.3 is 28.8 Å². The average molecular weight is 348 g/mol. The average Bonchev–Trinajstić information content (AvgIpc) is 2.42. The van der Waals surface area contributed by atoms with Crippen molar-refractivity contribution in [2.45, 2.75) is 58.4 Å². The molecule has 5 atom stereocenters. The van der Waals surface area contributed by atoms with E-state index >= 15 is 0 Å². The van der Waals surface area contributed by atoms with Gasteiger partial charge in [0.05, 0.1) is 0 Å². The van der Waals surface area contributed by atoms with E-state index in [1.54, 1.807) is 0 Å². The molecule has 1 saturated heterocycles. The maximum Gasteiger partial charge on any atom is 0.303 e. The van der Waals surface area contributed by atoms with Crippen molar-refractivity contribution >= 4 is 23.9 Å². The number of rotatable bonds is 5. The summed E-state index contributed by atoms with van der Waals surface area (Å²) in [6.45, 7) is 4.09. The molecule has 0 saturated carbocycles. The molecule has 1 aliphatic rings. The Labute approximate surface area is 137 Å². The Bertz CT molecular complexity index is 502. The minimum Gasteiger partial charge on any atom is -0.463 e. The van der Waals surface area contributed by atoms with Gasteiger partial charge in [0.2, 0.25) is 0 Å². The molecule has 10 heteroatoms. The first-order chi connectivity index (χ1) is 11.1. The van der Waals surface area contributed by atoms with Crippen molar-refractivity contribution in [1.29, 1.82) is 0 Å². The maximum atomic E-state index is 11.3. The van der Waals surface area contributed by atoms with Crippen LogP contribution < -0.4 is 0 Å². The summed E-state index contributed by atoms with van der Waals surface area (Å²) in [5.74, 6) is -2.87. The zero-order valence-electron chi connectivity index (χ0n) is 13.7. The standard InChI is InChI=1S/C14H20O10/c1-6(15)20-5-10-11(21-7(2)16)12(22-8(3)17)13(14(19)24-10)23-9(4)18/h10-14,19H,5H2,1-4H3/t10-,11+,12?,13?,14+/m0/s1. The Morgan fingerprint density at radius 3 is 1.71 bits per heavy atom. The maximum absolute atomic E-state index is 11.3. The normalized spacial score (nSPS) is 29.3. The molecule has 2 unspecified atom stereocenters. The Morgan fingerprint density at radius 1 is 0.792 bits per heavy atom. The molecule has 136 valence electrons. The first-order valence-electron chi connectivity index (χ1n) is 7.10. The van der Waals surface area contributed by atoms with Crippen LogP contribution in [-0.2, 0) is 42.9 Å². The lowest BCUT2D eigenvalue weighted by atomic mass is 9.98. The van der Waals surface area contributed by atoms with Crippen LogP contribution in [0, 0.1) is 0 Å². The first kappa shape index (κ1) is 19.8. The molecular weight excluding hydrogens is 328 g/mol. The molecule has 0 aliphatic carbocycles. The number of hydrogen-bond acceptors (Lipinski definition) is 10. The molecule has 1 aliphatic heterocycles. The monoisotopic (exact) mass is 348 g/mol. The largest absolute Gasteiger partial charge is 0.463 e. The van der Waals surface area contributed by atoms with Crippen LogP contribution in [0.2, 0.25) is 0 Å². The quantitative estimate of drug-likeness (QED) is 0.490. The summed E-state index contributed by atoms with van der Waals surface area (Å²) >= 11 is 0. The molecule has 1 heterocycles. The SMILES string of the molecule is CC(=O)OC[C@@H]1O[C@@H](O)C(OC(C)=O)C(OC(C)=O)[C@@H]1OC(C)=O. The predicted molar refractivity (Wildman–Crippen MR) is 74.2 cm³/mol. The zero-order valence-corrected chi connectivity index (χ0v) is 13.7. The molecule has 1 fully saturated rings. The fourth-order valence-corrected chi connectivity index (χ4v) is 2.21. The second-order valence-corrected chi connectivity index (χ2v) is 5.09. The van der Waals surface area contributed by atoms with E-state index in [0.717, 1.165) is 27.7 Å². The van der Waals surface area contributed by atoms with E-state index in [-0.39, 0.29) is 6.61 Å². The first-order valence-corrected chi connectivity index (χ1v) is 7.10. The third-order valence-corrected chi connectivity index (χ3v) is 2.97. The third-order valence-electron chi connectivity index (χ3n) is 2.97. The molecule has 0 aromatic rings. The molecule has 0 bridgehead atoms. The van der Waals surface area contributed by atoms with Crippen molar-refractivity contribution in [3.8, 4) is 0 Å². The number of aliphatic hydroxyl groups is 1. The highest BCUT2D eigenvalue weighted by atomic mass is 16.7. The molecule has 1 rings (SSSR count). The van der Waals surface area contributed by atoms with Crippen LogP contribution in [0.15, 0.2) is 0 Å². The second kappa shape index (κ2) is 8.60. The van der Waals surface area contributed by atoms with Gasteiger partial charge in [0.15, 0.2) is 24.6 Å². The summed E-state index contributed by atoms with van der Waals surface area (Å²) in [5.41, 5.74) is 0. The predicted octanol–water partition coefficient (Wildman–Crippen LogP) is -0.938. The van der Waals surface area contributed by atoms with Crippen molar-refractivity contribution in [3.05, 3.63) is 0 Å². The van der Waals surface area contributed by atoms with Gasteiger partial charge in [-0.1, -0.05) is 0 Å². The molecule has 10 nitrogen and oxygen atoms in total. The number of ether oxygens (including phenoxy) is 5. The Hall–Kier alpha value is -2.20. The van der Waals surface area contributed by atoms with Gasteiger partial charge in [-0.3, -0.25) is 19.2 Å². The van der Waals surface area contributed by atoms with E-state index in [9.17, 15) is 24.3 Å². The van der Waals surface area contributed by atoms with Crippen LogP contribution in [0.1, 0.15) is 27.7 Å². The molecule has 24 heavy (non-hydrogen) atoms. The highest BCUT2D eigenvalue weighted by Crippen LogP contribution is 2.28. The van der Waals surface area contributed by atoms with Crippen LogP contribution in [0.25, 0.3) is 0 Å². The van der Waals surface area contributed by atoms with Crippen molar-refractivity contribution in [2.75, 3.05) is 6.61 Å². The van der Waals surface area contributed by atoms with Gasteiger partial charge in [-0.2, -0.15) is 0 Å². The van der Waals surface area contributed by atoms with Gasteiger partial charge in [-0.25, -0.2) is 0 Å². The molecule has 0 amide bonds. The molecule has 1 N–H and O–H groups in total. The van der Waals surface area contributed by atoms with E-state index in [0.29, 0.717) is 0 Å². The molecule has 0 radical (unpaired) electrons. The van der Waals surface area contributed by atoms with Gasteiger partial charge in [0.1, 0.15) is 12.7 Å². The van der Waals surface area contributed by atoms with E-state index in [1.165, 1.54) is 0 Å². The minimum absolute atomic E-state index is 0.366. The molecule has 0 aromatic heterocycles. The highest BCUT2D eigenvalue weighted by Gasteiger charge is 2.51. The van der Waals surface area contributed by atoms with Crippen LogP contribution >= 0.6 is 0 Å². The van der Waals surface area contributed by atoms with Crippen LogP contribution in [0.5, 0.6) is 0 Å². The molecule has 0 aromatic carbocycles. The van der Waals surface area contributed by atoms with Gasteiger partial charge in [-0.05, 0) is 0 Å². The summed E-state index contributed by atoms with van der Waals surface area (Å²) in [4.78, 5) is 44.9. The van der Waals surface area contributed by atoms with Crippen molar-refractivity contribution in [2.24, 2.45) is 0 Å². The van der Waals surface area contributed by atoms with Gasteiger partial charge >= 0.3 is 23.9 Å². The van der Waals surface area contributed by atoms with E-state index in [4.69, 9.17) is 23.7 Å². The molecule has 0 spiro atoms. The van der Waals surface area contributed by atoms with Gasteiger partial charge in [0.25, 0.3) is 0 Å². The summed E-state index contributed by atoms with van der Waals surface area (Å²) < 4.78 is 25.0. The topological polar surface area (TPSA) is 135 Å². The van der Waals surface area contributed by atoms with E-state index < -0.39 is 54.6 Å². The Morgan fingerprint density at radius 2 is 1.25 bits per heavy atom. The van der Waals surface area contributed by atoms with Crippen molar-refractivity contribution < 1.29 is 48.0 Å². The van der Waals surface area contributed by atoms with E-state index in [1.807, 2.05) is 0 Å². The highest BCUT2D eigenvalue weighted by molar-refractivity contribution is 5.68. The number of esters is 4. The van der Waals surface area contributed by atoms with Crippen molar-refractivity contribution in [3.63, 3.8) is 0 Å². The van der Waals surface area contributed by atoms with Gasteiger partial charge in [-0.15, -0.1) is 0 Å². The lowest BCUT2D eigenvalue weighted by Gasteiger charge is -2.42. The van der Waals surface area contributed by atoms with Crippen molar-refractivity contribution in [1.82, 2.24) is 0 Å². The lowest BCUT2D eigenvalue weighted by molar-refractivity contribution is -0.296. The Balaban J connectivity index is 3.11.